The SMILES string of the molecule is CCSSc1ccncc1. The van der Waals surface area contributed by atoms with Crippen molar-refractivity contribution in [1.29, 1.82) is 0 Å². The Bertz CT molecular complexity index is 176. The largest absolute Gasteiger partial charge is 0.265 e. The Morgan fingerprint density at radius 1 is 1.40 bits per heavy atom. The fourth-order valence-electron chi connectivity index (χ4n) is 0.521. The number of hydrogen-bond donors (Lipinski definition) is 0. The van der Waals surface area contributed by atoms with E-state index in [2.05, 4.69) is 11.9 Å². The maximum absolute atomic E-state index is 3.93. The fraction of sp³-hybridized carbons (Fsp3) is 0.286. The Labute approximate surface area is 69.0 Å². The fourth-order valence-corrected chi connectivity index (χ4v) is 2.10. The van der Waals surface area contributed by atoms with Gasteiger partial charge in [-0.2, -0.15) is 0 Å². The smallest absolute Gasteiger partial charge is 0.0279 e. The molecule has 1 aromatic rings. The van der Waals surface area contributed by atoms with Crippen molar-refractivity contribution in [3.8, 4) is 0 Å². The molecule has 0 bridgehead atoms. The van der Waals surface area contributed by atoms with Crippen LogP contribution in [0.1, 0.15) is 6.92 Å². The van der Waals surface area contributed by atoms with Gasteiger partial charge in [0.1, 0.15) is 0 Å². The lowest BCUT2D eigenvalue weighted by atomic mass is 10.5. The standard InChI is InChI=1S/C7H9NS2/c1-2-9-10-7-3-5-8-6-4-7/h3-6H,2H2,1H3. The van der Waals surface area contributed by atoms with E-state index in [1.54, 1.807) is 10.8 Å². The predicted octanol–water partition coefficient (Wildman–Crippen LogP) is 2.84. The molecule has 0 aliphatic rings. The molecule has 0 radical (unpaired) electrons. The molecule has 0 aromatic carbocycles. The second-order valence-electron chi connectivity index (χ2n) is 1.67. The molecule has 0 saturated heterocycles. The Morgan fingerprint density at radius 2 is 2.10 bits per heavy atom. The minimum Gasteiger partial charge on any atom is -0.265 e. The number of rotatable bonds is 3. The number of nitrogens with zero attached hydrogens (tertiary/aromatic N) is 1. The molecule has 1 nitrogen and oxygen atoms in total. The van der Waals surface area contributed by atoms with Gasteiger partial charge in [-0.15, -0.1) is 0 Å². The molecule has 54 valence electrons. The van der Waals surface area contributed by atoms with Crippen LogP contribution in [0.15, 0.2) is 29.4 Å². The molecule has 0 N–H and O–H groups in total. The van der Waals surface area contributed by atoms with E-state index >= 15 is 0 Å². The van der Waals surface area contributed by atoms with Crippen LogP contribution in [-0.4, -0.2) is 10.7 Å². The number of pyridine rings is 1. The zero-order valence-electron chi connectivity index (χ0n) is 5.78. The average Bonchev–Trinajstić information content (AvgIpc) is 2.03. The molecule has 0 aliphatic carbocycles. The first-order valence-electron chi connectivity index (χ1n) is 3.13. The maximum atomic E-state index is 3.93. The van der Waals surface area contributed by atoms with E-state index in [0.29, 0.717) is 0 Å². The highest BCUT2D eigenvalue weighted by atomic mass is 33.1. The van der Waals surface area contributed by atoms with Gasteiger partial charge in [-0.05, 0) is 12.1 Å². The Kier molecular flexibility index (Phi) is 3.68. The molecular weight excluding hydrogens is 162 g/mol. The van der Waals surface area contributed by atoms with Gasteiger partial charge in [-0.1, -0.05) is 28.5 Å². The van der Waals surface area contributed by atoms with Crippen LogP contribution in [-0.2, 0) is 0 Å². The van der Waals surface area contributed by atoms with E-state index < -0.39 is 0 Å². The van der Waals surface area contributed by atoms with Crippen LogP contribution in [0.5, 0.6) is 0 Å². The van der Waals surface area contributed by atoms with Gasteiger partial charge in [0.2, 0.25) is 0 Å². The van der Waals surface area contributed by atoms with E-state index in [9.17, 15) is 0 Å². The monoisotopic (exact) mass is 171 g/mol. The molecule has 0 spiro atoms. The molecule has 0 saturated carbocycles. The predicted molar refractivity (Wildman–Crippen MR) is 48.2 cm³/mol. The Morgan fingerprint density at radius 3 is 2.70 bits per heavy atom. The summed E-state index contributed by atoms with van der Waals surface area (Å²) in [5.41, 5.74) is 0. The molecule has 10 heavy (non-hydrogen) atoms. The van der Waals surface area contributed by atoms with Crippen LogP contribution in [0.25, 0.3) is 0 Å². The normalized spacial score (nSPS) is 9.70. The zero-order chi connectivity index (χ0) is 7.23. The van der Waals surface area contributed by atoms with Crippen molar-refractivity contribution >= 4 is 21.6 Å². The molecule has 0 unspecified atom stereocenters. The maximum Gasteiger partial charge on any atom is 0.0279 e. The molecule has 1 rings (SSSR count). The zero-order valence-corrected chi connectivity index (χ0v) is 7.41. The van der Waals surface area contributed by atoms with Crippen molar-refractivity contribution in [2.24, 2.45) is 0 Å². The summed E-state index contributed by atoms with van der Waals surface area (Å²) in [5.74, 6) is 1.15. The first-order chi connectivity index (χ1) is 4.93. The van der Waals surface area contributed by atoms with Crippen molar-refractivity contribution in [2.45, 2.75) is 11.8 Å². The molecule has 0 aliphatic heterocycles. The van der Waals surface area contributed by atoms with Gasteiger partial charge >= 0.3 is 0 Å². The molecule has 0 fully saturated rings. The van der Waals surface area contributed by atoms with Crippen LogP contribution in [0.3, 0.4) is 0 Å². The van der Waals surface area contributed by atoms with E-state index in [-0.39, 0.29) is 0 Å². The Hall–Kier alpha value is -0.150. The van der Waals surface area contributed by atoms with Gasteiger partial charge in [0.05, 0.1) is 0 Å². The van der Waals surface area contributed by atoms with Gasteiger partial charge < -0.3 is 0 Å². The van der Waals surface area contributed by atoms with Gasteiger partial charge in [-0.25, -0.2) is 0 Å². The average molecular weight is 171 g/mol. The summed E-state index contributed by atoms with van der Waals surface area (Å²) in [5, 5.41) is 0. The highest BCUT2D eigenvalue weighted by molar-refractivity contribution is 8.76. The topological polar surface area (TPSA) is 12.9 Å². The summed E-state index contributed by atoms with van der Waals surface area (Å²) in [4.78, 5) is 5.21. The molecule has 1 heterocycles. The number of aromatic nitrogens is 1. The minimum atomic E-state index is 1.15. The van der Waals surface area contributed by atoms with Crippen molar-refractivity contribution in [3.05, 3.63) is 24.5 Å². The summed E-state index contributed by atoms with van der Waals surface area (Å²) >= 11 is 0. The first kappa shape index (κ1) is 7.95. The van der Waals surface area contributed by atoms with Crippen molar-refractivity contribution < 1.29 is 0 Å². The third kappa shape index (κ3) is 2.62. The van der Waals surface area contributed by atoms with E-state index in [4.69, 9.17) is 0 Å². The highest BCUT2D eigenvalue weighted by Crippen LogP contribution is 2.29. The summed E-state index contributed by atoms with van der Waals surface area (Å²) in [7, 11) is 3.65. The quantitative estimate of drug-likeness (QED) is 0.649. The van der Waals surface area contributed by atoms with Crippen LogP contribution in [0.2, 0.25) is 0 Å². The van der Waals surface area contributed by atoms with Crippen molar-refractivity contribution in [3.63, 3.8) is 0 Å². The highest BCUT2D eigenvalue weighted by Gasteiger charge is 1.89. The second kappa shape index (κ2) is 4.63. The van der Waals surface area contributed by atoms with Gasteiger partial charge in [0, 0.05) is 23.0 Å². The molecule has 3 heteroatoms. The Balaban J connectivity index is 2.43. The van der Waals surface area contributed by atoms with Crippen LogP contribution < -0.4 is 0 Å². The summed E-state index contributed by atoms with van der Waals surface area (Å²) in [6.45, 7) is 2.15. The third-order valence-electron chi connectivity index (χ3n) is 0.923. The van der Waals surface area contributed by atoms with Crippen LogP contribution >= 0.6 is 21.6 Å². The third-order valence-corrected chi connectivity index (χ3v) is 3.38. The molecule has 0 amide bonds. The van der Waals surface area contributed by atoms with Gasteiger partial charge in [0.15, 0.2) is 0 Å². The van der Waals surface area contributed by atoms with E-state index in [0.717, 1.165) is 5.75 Å². The summed E-state index contributed by atoms with van der Waals surface area (Å²) in [6, 6.07) is 4.04. The van der Waals surface area contributed by atoms with Gasteiger partial charge in [0.25, 0.3) is 0 Å². The summed E-state index contributed by atoms with van der Waals surface area (Å²) < 4.78 is 0. The lowest BCUT2D eigenvalue weighted by Gasteiger charge is -1.94. The summed E-state index contributed by atoms with van der Waals surface area (Å²) in [6.07, 6.45) is 3.64. The van der Waals surface area contributed by atoms with Crippen molar-refractivity contribution in [2.75, 3.05) is 5.75 Å². The molecule has 1 aromatic heterocycles. The lowest BCUT2D eigenvalue weighted by Crippen LogP contribution is -1.69. The first-order valence-corrected chi connectivity index (χ1v) is 5.45. The van der Waals surface area contributed by atoms with Crippen LogP contribution in [0.4, 0.5) is 0 Å². The number of hydrogen-bond acceptors (Lipinski definition) is 3. The molecular formula is C7H9NS2. The van der Waals surface area contributed by atoms with Crippen molar-refractivity contribution in [1.82, 2.24) is 4.98 Å². The van der Waals surface area contributed by atoms with E-state index in [1.165, 1.54) is 4.90 Å². The molecule has 0 atom stereocenters. The second-order valence-corrected chi connectivity index (χ2v) is 4.33. The lowest BCUT2D eigenvalue weighted by molar-refractivity contribution is 1.27. The minimum absolute atomic E-state index is 1.15. The van der Waals surface area contributed by atoms with Crippen LogP contribution in [0, 0.1) is 0 Å². The van der Waals surface area contributed by atoms with E-state index in [1.807, 2.05) is 35.3 Å². The van der Waals surface area contributed by atoms with Gasteiger partial charge in [-0.3, -0.25) is 4.98 Å².